The number of rotatable bonds is 6. The quantitative estimate of drug-likeness (QED) is 0.606. The number of ether oxygens (including phenoxy) is 2. The third-order valence-electron chi connectivity index (χ3n) is 6.04. The highest BCUT2D eigenvalue weighted by atomic mass is 19.1. The highest BCUT2D eigenvalue weighted by molar-refractivity contribution is 5.75. The molecule has 1 fully saturated rings. The number of nitrogens with zero attached hydrogens (tertiary/aromatic N) is 4. The fourth-order valence-electron chi connectivity index (χ4n) is 4.53. The molecule has 1 N–H and O–H groups in total. The first-order valence-corrected chi connectivity index (χ1v) is 10.0. The zero-order valence-corrected chi connectivity index (χ0v) is 17.6. The van der Waals surface area contributed by atoms with Crippen LogP contribution in [0.3, 0.4) is 0 Å². The second kappa shape index (κ2) is 8.71. The maximum Gasteiger partial charge on any atom is 0.309 e. The molecule has 0 amide bonds. The first-order valence-electron chi connectivity index (χ1n) is 10.0. The molecule has 1 aliphatic carbocycles. The summed E-state index contributed by atoms with van der Waals surface area (Å²) in [6.07, 6.45) is 1.45. The standard InChI is InChI=1S/C22H24FN5O3/c1-28(18-12-14(6-11-19(18)30-2)21-24-26-27-25-21)17-10-9-16(22(29)31-3)20(17)13-4-7-15(23)8-5-13/h4-8,11-12,16-17,20H,9-10H2,1-3H3,(H,24,25,26,27)/t16-,17-,20+/m0/s1. The van der Waals surface area contributed by atoms with E-state index >= 15 is 0 Å². The Bertz CT molecular complexity index is 1040. The smallest absolute Gasteiger partial charge is 0.309 e. The van der Waals surface area contributed by atoms with E-state index in [0.717, 1.165) is 23.2 Å². The van der Waals surface area contributed by atoms with E-state index in [1.54, 1.807) is 19.2 Å². The Morgan fingerprint density at radius 3 is 2.58 bits per heavy atom. The molecule has 31 heavy (non-hydrogen) atoms. The third-order valence-corrected chi connectivity index (χ3v) is 6.04. The first kappa shape index (κ1) is 20.8. The highest BCUT2D eigenvalue weighted by Crippen LogP contribution is 2.45. The van der Waals surface area contributed by atoms with E-state index in [-0.39, 0.29) is 29.7 Å². The Balaban J connectivity index is 1.74. The van der Waals surface area contributed by atoms with Crippen LogP contribution < -0.4 is 9.64 Å². The van der Waals surface area contributed by atoms with Gasteiger partial charge in [-0.25, -0.2) is 4.39 Å². The van der Waals surface area contributed by atoms with Crippen LogP contribution in [-0.2, 0) is 9.53 Å². The van der Waals surface area contributed by atoms with Crippen LogP contribution in [-0.4, -0.2) is 53.9 Å². The van der Waals surface area contributed by atoms with E-state index in [1.807, 2.05) is 25.2 Å². The lowest BCUT2D eigenvalue weighted by molar-refractivity contribution is -0.145. The number of aromatic nitrogens is 4. The summed E-state index contributed by atoms with van der Waals surface area (Å²) in [4.78, 5) is 14.6. The monoisotopic (exact) mass is 425 g/mol. The minimum atomic E-state index is -0.311. The van der Waals surface area contributed by atoms with Crippen molar-refractivity contribution in [3.63, 3.8) is 0 Å². The molecule has 8 nitrogen and oxygen atoms in total. The van der Waals surface area contributed by atoms with Gasteiger partial charge in [0.2, 0.25) is 5.82 Å². The summed E-state index contributed by atoms with van der Waals surface area (Å²) < 4.78 is 24.2. The number of carbonyl (C=O) groups excluding carboxylic acids is 1. The number of anilines is 1. The van der Waals surface area contributed by atoms with Gasteiger partial charge in [-0.1, -0.05) is 12.1 Å². The summed E-state index contributed by atoms with van der Waals surface area (Å²) in [5.41, 5.74) is 2.53. The van der Waals surface area contributed by atoms with E-state index in [1.165, 1.54) is 19.2 Å². The van der Waals surface area contributed by atoms with Crippen LogP contribution in [0.25, 0.3) is 11.4 Å². The molecular weight excluding hydrogens is 401 g/mol. The van der Waals surface area contributed by atoms with Crippen molar-refractivity contribution in [1.82, 2.24) is 20.6 Å². The SMILES string of the molecule is COC(=O)[C@H]1CC[C@H](N(C)c2cc(-c3nn[nH]n3)ccc2OC)[C@@H]1c1ccc(F)cc1. The summed E-state index contributed by atoms with van der Waals surface area (Å²) in [5, 5.41) is 14.2. The number of likely N-dealkylation sites (N-methyl/N-ethyl adjacent to an activating group) is 1. The van der Waals surface area contributed by atoms with Gasteiger partial charge < -0.3 is 14.4 Å². The molecule has 162 valence electrons. The van der Waals surface area contributed by atoms with Crippen LogP contribution in [0.5, 0.6) is 5.75 Å². The molecule has 1 heterocycles. The summed E-state index contributed by atoms with van der Waals surface area (Å²) >= 11 is 0. The van der Waals surface area contributed by atoms with E-state index in [9.17, 15) is 9.18 Å². The number of nitrogens with one attached hydrogen (secondary N) is 1. The van der Waals surface area contributed by atoms with Gasteiger partial charge in [0, 0.05) is 24.6 Å². The zero-order chi connectivity index (χ0) is 22.0. The van der Waals surface area contributed by atoms with Gasteiger partial charge in [-0.05, 0) is 54.0 Å². The Kier molecular flexibility index (Phi) is 5.83. The fraction of sp³-hybridized carbons (Fsp3) is 0.364. The largest absolute Gasteiger partial charge is 0.495 e. The molecule has 3 atom stereocenters. The Hall–Kier alpha value is -3.49. The van der Waals surface area contributed by atoms with E-state index in [4.69, 9.17) is 9.47 Å². The summed E-state index contributed by atoms with van der Waals surface area (Å²) in [6, 6.07) is 12.0. The van der Waals surface area contributed by atoms with Gasteiger partial charge in [0.15, 0.2) is 0 Å². The van der Waals surface area contributed by atoms with Crippen molar-refractivity contribution in [1.29, 1.82) is 0 Å². The van der Waals surface area contributed by atoms with Crippen LogP contribution in [0.4, 0.5) is 10.1 Å². The predicted molar refractivity (Wildman–Crippen MR) is 112 cm³/mol. The van der Waals surface area contributed by atoms with E-state index in [0.29, 0.717) is 18.0 Å². The van der Waals surface area contributed by atoms with Gasteiger partial charge in [0.25, 0.3) is 0 Å². The number of halogens is 1. The number of esters is 1. The van der Waals surface area contributed by atoms with Crippen LogP contribution >= 0.6 is 0 Å². The first-order chi connectivity index (χ1) is 15.0. The van der Waals surface area contributed by atoms with Crippen LogP contribution in [0, 0.1) is 11.7 Å². The number of methoxy groups -OCH3 is 2. The van der Waals surface area contributed by atoms with Crippen LogP contribution in [0.15, 0.2) is 42.5 Å². The van der Waals surface area contributed by atoms with Crippen LogP contribution in [0.2, 0.25) is 0 Å². The van der Waals surface area contributed by atoms with Gasteiger partial charge in [0.05, 0.1) is 25.8 Å². The molecule has 1 aromatic heterocycles. The van der Waals surface area contributed by atoms with E-state index < -0.39 is 0 Å². The van der Waals surface area contributed by atoms with Gasteiger partial charge in [0.1, 0.15) is 11.6 Å². The van der Waals surface area contributed by atoms with Crippen molar-refractivity contribution >= 4 is 11.7 Å². The number of tetrazole rings is 1. The minimum absolute atomic E-state index is 0.0241. The number of hydrogen-bond acceptors (Lipinski definition) is 7. The summed E-state index contributed by atoms with van der Waals surface area (Å²) in [7, 11) is 4.99. The molecule has 0 radical (unpaired) electrons. The van der Waals surface area contributed by atoms with Crippen molar-refractivity contribution in [2.45, 2.75) is 24.8 Å². The van der Waals surface area contributed by atoms with Crippen molar-refractivity contribution < 1.29 is 18.7 Å². The number of carbonyl (C=O) groups is 1. The van der Waals surface area contributed by atoms with Gasteiger partial charge >= 0.3 is 5.97 Å². The molecule has 3 aromatic rings. The molecule has 0 unspecified atom stereocenters. The number of aromatic amines is 1. The maximum absolute atomic E-state index is 13.6. The predicted octanol–water partition coefficient (Wildman–Crippen LogP) is 3.19. The molecule has 9 heteroatoms. The average molecular weight is 425 g/mol. The Labute approximate surface area is 179 Å². The Morgan fingerprint density at radius 1 is 1.16 bits per heavy atom. The lowest BCUT2D eigenvalue weighted by Gasteiger charge is -2.34. The Morgan fingerprint density at radius 2 is 1.94 bits per heavy atom. The van der Waals surface area contributed by atoms with Gasteiger partial charge in [-0.15, -0.1) is 10.2 Å². The minimum Gasteiger partial charge on any atom is -0.495 e. The van der Waals surface area contributed by atoms with Crippen molar-refractivity contribution in [2.24, 2.45) is 5.92 Å². The molecule has 1 saturated carbocycles. The van der Waals surface area contributed by atoms with Gasteiger partial charge in [-0.2, -0.15) is 5.21 Å². The molecule has 0 bridgehead atoms. The van der Waals surface area contributed by atoms with Crippen molar-refractivity contribution in [2.75, 3.05) is 26.2 Å². The van der Waals surface area contributed by atoms with E-state index in [2.05, 4.69) is 25.5 Å². The highest BCUT2D eigenvalue weighted by Gasteiger charge is 2.44. The molecule has 1 aliphatic rings. The number of benzene rings is 2. The second-order valence-corrected chi connectivity index (χ2v) is 7.58. The van der Waals surface area contributed by atoms with Crippen molar-refractivity contribution in [3.8, 4) is 17.1 Å². The normalized spacial score (nSPS) is 20.5. The molecule has 2 aromatic carbocycles. The average Bonchev–Trinajstić information content (AvgIpc) is 3.48. The number of H-pyrrole nitrogens is 1. The molecule has 0 saturated heterocycles. The third kappa shape index (κ3) is 3.95. The van der Waals surface area contributed by atoms with Crippen LogP contribution in [0.1, 0.15) is 24.3 Å². The molecular formula is C22H24FN5O3. The second-order valence-electron chi connectivity index (χ2n) is 7.58. The lowest BCUT2D eigenvalue weighted by atomic mass is 9.85. The lowest BCUT2D eigenvalue weighted by Crippen LogP contribution is -2.36. The topological polar surface area (TPSA) is 93.2 Å². The van der Waals surface area contributed by atoms with Crippen molar-refractivity contribution in [3.05, 3.63) is 53.8 Å². The van der Waals surface area contributed by atoms with Gasteiger partial charge in [-0.3, -0.25) is 4.79 Å². The molecule has 0 aliphatic heterocycles. The molecule has 0 spiro atoms. The summed E-state index contributed by atoms with van der Waals surface area (Å²) in [6.45, 7) is 0. The summed E-state index contributed by atoms with van der Waals surface area (Å²) in [5.74, 6) is 0.139. The number of hydrogen-bond donors (Lipinski definition) is 1. The molecule has 4 rings (SSSR count). The fourth-order valence-corrected chi connectivity index (χ4v) is 4.53. The maximum atomic E-state index is 13.6. The zero-order valence-electron chi connectivity index (χ0n) is 17.6.